The van der Waals surface area contributed by atoms with Crippen LogP contribution in [0.5, 0.6) is 17.2 Å². The van der Waals surface area contributed by atoms with Gasteiger partial charge in [-0.2, -0.15) is 5.10 Å². The summed E-state index contributed by atoms with van der Waals surface area (Å²) in [6.07, 6.45) is 2.40. The van der Waals surface area contributed by atoms with E-state index in [-0.39, 0.29) is 23.2 Å². The van der Waals surface area contributed by atoms with E-state index in [4.69, 9.17) is 9.47 Å². The monoisotopic (exact) mass is 622 g/mol. The summed E-state index contributed by atoms with van der Waals surface area (Å²) in [5, 5.41) is 15.1. The van der Waals surface area contributed by atoms with E-state index in [1.54, 1.807) is 6.21 Å². The van der Waals surface area contributed by atoms with Crippen molar-refractivity contribution in [1.29, 1.82) is 0 Å². The van der Waals surface area contributed by atoms with Crippen molar-refractivity contribution in [3.8, 4) is 17.2 Å². The van der Waals surface area contributed by atoms with Gasteiger partial charge in [-0.3, -0.25) is 4.79 Å². The van der Waals surface area contributed by atoms with Gasteiger partial charge >= 0.3 is 0 Å². The molecule has 0 heterocycles. The van der Waals surface area contributed by atoms with Crippen LogP contribution in [-0.4, -0.2) is 23.8 Å². The third-order valence-electron chi connectivity index (χ3n) is 6.79. The summed E-state index contributed by atoms with van der Waals surface area (Å²) in [5.74, 6) is 1.37. The molecule has 220 valence electrons. The number of phenols is 1. The second kappa shape index (κ2) is 13.6. The maximum atomic E-state index is 12.6. The van der Waals surface area contributed by atoms with Gasteiger partial charge in [-0.25, -0.2) is 5.43 Å². The summed E-state index contributed by atoms with van der Waals surface area (Å²) >= 11 is 3.60. The van der Waals surface area contributed by atoms with Crippen LogP contribution >= 0.6 is 15.9 Å². The second-order valence-corrected chi connectivity index (χ2v) is 13.2. The van der Waals surface area contributed by atoms with Crippen molar-refractivity contribution >= 4 is 28.1 Å². The Balaban J connectivity index is 1.68. The average molecular weight is 624 g/mol. The minimum Gasteiger partial charge on any atom is -0.507 e. The van der Waals surface area contributed by atoms with Crippen molar-refractivity contribution in [2.45, 2.75) is 85.7 Å². The number of hydrogen-bond acceptors (Lipinski definition) is 5. The maximum Gasteiger partial charge on any atom is 0.240 e. The molecule has 0 atom stereocenters. The molecule has 0 fully saturated rings. The first-order valence-corrected chi connectivity index (χ1v) is 14.8. The predicted molar refractivity (Wildman–Crippen MR) is 170 cm³/mol. The molecule has 3 aromatic rings. The Bertz CT molecular complexity index is 1370. The molecule has 0 radical (unpaired) electrons. The number of hydrazone groups is 1. The molecule has 0 aliphatic carbocycles. The molecule has 41 heavy (non-hydrogen) atoms. The zero-order valence-corrected chi connectivity index (χ0v) is 27.1. The Hall–Kier alpha value is -3.32. The number of carbonyl (C=O) groups excluding carboxylic acids is 1. The van der Waals surface area contributed by atoms with Crippen molar-refractivity contribution < 1.29 is 19.4 Å². The van der Waals surface area contributed by atoms with Crippen LogP contribution in [0.2, 0.25) is 0 Å². The van der Waals surface area contributed by atoms with Crippen LogP contribution in [0.1, 0.15) is 88.3 Å². The summed E-state index contributed by atoms with van der Waals surface area (Å²) in [5.41, 5.74) is 8.01. The quantitative estimate of drug-likeness (QED) is 0.177. The van der Waals surface area contributed by atoms with Crippen LogP contribution in [-0.2, 0) is 28.7 Å². The SMILES string of the molecule is CCOc1cc(/C=N\NC(=O)CCc2cc(C(C)(C)C)c(O)c(C(C)(C)C)c2)cc(Br)c1OCc1ccccc1C. The zero-order chi connectivity index (χ0) is 30.4. The molecule has 0 unspecified atom stereocenters. The van der Waals surface area contributed by atoms with Crippen molar-refractivity contribution in [2.75, 3.05) is 6.61 Å². The number of phenolic OH excluding ortho intramolecular Hbond substituents is 1. The average Bonchev–Trinajstić information content (AvgIpc) is 2.87. The van der Waals surface area contributed by atoms with Crippen molar-refractivity contribution in [1.82, 2.24) is 5.43 Å². The fourth-order valence-corrected chi connectivity index (χ4v) is 5.04. The van der Waals surface area contributed by atoms with Gasteiger partial charge in [0.05, 0.1) is 17.3 Å². The molecule has 0 aliphatic heterocycles. The first-order valence-electron chi connectivity index (χ1n) is 14.0. The summed E-state index contributed by atoms with van der Waals surface area (Å²) in [4.78, 5) is 12.6. The Morgan fingerprint density at radius 1 is 1.00 bits per heavy atom. The molecule has 0 saturated heterocycles. The van der Waals surface area contributed by atoms with Gasteiger partial charge in [0.1, 0.15) is 12.4 Å². The van der Waals surface area contributed by atoms with Crippen LogP contribution in [0.25, 0.3) is 0 Å². The van der Waals surface area contributed by atoms with Gasteiger partial charge < -0.3 is 14.6 Å². The zero-order valence-electron chi connectivity index (χ0n) is 25.5. The van der Waals surface area contributed by atoms with Crippen molar-refractivity contribution in [2.24, 2.45) is 5.10 Å². The van der Waals surface area contributed by atoms with Gasteiger partial charge in [-0.15, -0.1) is 0 Å². The Kier molecular flexibility index (Phi) is 10.6. The van der Waals surface area contributed by atoms with E-state index in [0.29, 0.717) is 36.9 Å². The highest BCUT2D eigenvalue weighted by Crippen LogP contribution is 2.40. The minimum atomic E-state index is -0.220. The van der Waals surface area contributed by atoms with E-state index in [0.717, 1.165) is 37.9 Å². The molecule has 7 heteroatoms. The molecule has 2 N–H and O–H groups in total. The summed E-state index contributed by atoms with van der Waals surface area (Å²) in [6, 6.07) is 15.8. The van der Waals surface area contributed by atoms with Gasteiger partial charge in [-0.1, -0.05) is 77.9 Å². The number of rotatable bonds is 10. The fourth-order valence-electron chi connectivity index (χ4n) is 4.46. The number of ether oxygens (including phenoxy) is 2. The number of nitrogens with one attached hydrogen (secondary N) is 1. The van der Waals surface area contributed by atoms with E-state index >= 15 is 0 Å². The van der Waals surface area contributed by atoms with Crippen molar-refractivity contribution in [3.63, 3.8) is 0 Å². The minimum absolute atomic E-state index is 0.189. The summed E-state index contributed by atoms with van der Waals surface area (Å²) in [6.45, 7) is 17.4. The molecular weight excluding hydrogens is 580 g/mol. The fraction of sp³-hybridized carbons (Fsp3) is 0.412. The first kappa shape index (κ1) is 32.2. The number of hydrogen-bond donors (Lipinski definition) is 2. The van der Waals surface area contributed by atoms with Gasteiger partial charge in [0, 0.05) is 6.42 Å². The van der Waals surface area contributed by atoms with Crippen molar-refractivity contribution in [3.05, 3.63) is 86.4 Å². The van der Waals surface area contributed by atoms with Crippen LogP contribution in [0, 0.1) is 6.92 Å². The van der Waals surface area contributed by atoms with Crippen LogP contribution < -0.4 is 14.9 Å². The third-order valence-corrected chi connectivity index (χ3v) is 7.38. The number of carbonyl (C=O) groups is 1. The normalized spacial score (nSPS) is 12.0. The lowest BCUT2D eigenvalue weighted by atomic mass is 9.78. The predicted octanol–water partition coefficient (Wildman–Crippen LogP) is 8.12. The van der Waals surface area contributed by atoms with Crippen LogP contribution in [0.3, 0.4) is 0 Å². The maximum absolute atomic E-state index is 12.6. The molecule has 0 bridgehead atoms. The molecule has 6 nitrogen and oxygen atoms in total. The number of aromatic hydroxyl groups is 1. The molecule has 3 rings (SSSR count). The number of benzene rings is 3. The number of nitrogens with zero attached hydrogens (tertiary/aromatic N) is 1. The highest BCUT2D eigenvalue weighted by molar-refractivity contribution is 9.10. The molecule has 0 aliphatic rings. The standard InChI is InChI=1S/C34H43BrN2O4/c1-9-40-29-19-24(18-28(35)32(29)41-21-25-13-11-10-12-22(25)2)20-36-37-30(38)15-14-23-16-26(33(3,4)5)31(39)27(17-23)34(6,7)8/h10-13,16-20,39H,9,14-15,21H2,1-8H3,(H,37,38)/b36-20-. The lowest BCUT2D eigenvalue weighted by Gasteiger charge is -2.28. The molecule has 3 aromatic carbocycles. The number of aryl methyl sites for hydroxylation is 2. The number of amides is 1. The molecule has 1 amide bonds. The summed E-state index contributed by atoms with van der Waals surface area (Å²) in [7, 11) is 0. The molecular formula is C34H43BrN2O4. The highest BCUT2D eigenvalue weighted by atomic mass is 79.9. The molecule has 0 saturated carbocycles. The van der Waals surface area contributed by atoms with Gasteiger partial charge in [-0.05, 0) is 92.5 Å². The second-order valence-electron chi connectivity index (χ2n) is 12.3. The van der Waals surface area contributed by atoms with E-state index in [9.17, 15) is 9.90 Å². The Morgan fingerprint density at radius 2 is 1.63 bits per heavy atom. The largest absolute Gasteiger partial charge is 0.507 e. The van der Waals surface area contributed by atoms with Crippen LogP contribution in [0.15, 0.2) is 58.1 Å². The lowest BCUT2D eigenvalue weighted by molar-refractivity contribution is -0.121. The topological polar surface area (TPSA) is 80.2 Å². The Morgan fingerprint density at radius 3 is 2.22 bits per heavy atom. The summed E-state index contributed by atoms with van der Waals surface area (Å²) < 4.78 is 12.7. The lowest BCUT2D eigenvalue weighted by Crippen LogP contribution is -2.20. The highest BCUT2D eigenvalue weighted by Gasteiger charge is 2.26. The third kappa shape index (κ3) is 8.83. The van der Waals surface area contributed by atoms with E-state index in [2.05, 4.69) is 81.0 Å². The smallest absolute Gasteiger partial charge is 0.240 e. The Labute approximate surface area is 253 Å². The first-order chi connectivity index (χ1) is 19.2. The van der Waals surface area contributed by atoms with E-state index < -0.39 is 0 Å². The van der Waals surface area contributed by atoms with Gasteiger partial charge in [0.25, 0.3) is 0 Å². The van der Waals surface area contributed by atoms with E-state index in [1.165, 1.54) is 0 Å². The molecule has 0 spiro atoms. The number of halogens is 1. The molecule has 0 aromatic heterocycles. The van der Waals surface area contributed by atoms with E-state index in [1.807, 2.05) is 49.4 Å². The van der Waals surface area contributed by atoms with Gasteiger partial charge in [0.15, 0.2) is 11.5 Å². The van der Waals surface area contributed by atoms with Crippen LogP contribution in [0.4, 0.5) is 0 Å². The van der Waals surface area contributed by atoms with Gasteiger partial charge in [0.2, 0.25) is 5.91 Å².